The maximum atomic E-state index is 12.7. The van der Waals surface area contributed by atoms with E-state index in [1.54, 1.807) is 7.05 Å². The predicted octanol–water partition coefficient (Wildman–Crippen LogP) is 1.55. The molecule has 0 spiro atoms. The van der Waals surface area contributed by atoms with Gasteiger partial charge in [-0.15, -0.1) is 0 Å². The second-order valence-corrected chi connectivity index (χ2v) is 7.33. The molecule has 0 saturated carbocycles. The van der Waals surface area contributed by atoms with Gasteiger partial charge in [-0.05, 0) is 31.4 Å². The van der Waals surface area contributed by atoms with E-state index in [9.17, 15) is 9.59 Å². The Kier molecular flexibility index (Phi) is 5.93. The third kappa shape index (κ3) is 4.75. The molecule has 3 heterocycles. The molecule has 1 atom stereocenters. The normalized spacial score (nSPS) is 20.8. The highest BCUT2D eigenvalue weighted by Gasteiger charge is 2.27. The topological polar surface area (TPSA) is 81.1 Å². The highest BCUT2D eigenvalue weighted by Crippen LogP contribution is 2.19. The van der Waals surface area contributed by atoms with E-state index >= 15 is 0 Å². The molecule has 1 aromatic heterocycles. The van der Waals surface area contributed by atoms with Crippen molar-refractivity contribution in [3.05, 3.63) is 18.3 Å². The Morgan fingerprint density at radius 2 is 2.04 bits per heavy atom. The first kappa shape index (κ1) is 19.1. The minimum atomic E-state index is -0.0411. The van der Waals surface area contributed by atoms with Crippen LogP contribution in [0, 0.1) is 0 Å². The zero-order valence-electron chi connectivity index (χ0n) is 16.3. The number of nitrogens with one attached hydrogen (secondary N) is 1. The van der Waals surface area contributed by atoms with Crippen molar-refractivity contribution in [2.24, 2.45) is 5.10 Å². The van der Waals surface area contributed by atoms with Crippen LogP contribution < -0.4 is 10.2 Å². The van der Waals surface area contributed by atoms with E-state index in [1.807, 2.05) is 42.2 Å². The van der Waals surface area contributed by atoms with Gasteiger partial charge >= 0.3 is 0 Å². The van der Waals surface area contributed by atoms with Crippen LogP contribution in [0.1, 0.15) is 32.1 Å². The molecule has 0 radical (unpaired) electrons. The smallest absolute Gasteiger partial charge is 0.270 e. The predicted molar refractivity (Wildman–Crippen MR) is 106 cm³/mol. The number of hydrogen-bond donors (Lipinski definition) is 1. The van der Waals surface area contributed by atoms with Crippen LogP contribution in [0.2, 0.25) is 0 Å². The second kappa shape index (κ2) is 8.37. The van der Waals surface area contributed by atoms with Gasteiger partial charge in [-0.3, -0.25) is 9.59 Å². The molecule has 27 heavy (non-hydrogen) atoms. The summed E-state index contributed by atoms with van der Waals surface area (Å²) in [5, 5.41) is 8.98. The van der Waals surface area contributed by atoms with Crippen molar-refractivity contribution in [2.75, 3.05) is 44.4 Å². The summed E-state index contributed by atoms with van der Waals surface area (Å²) in [6.07, 6.45) is 5.47. The number of anilines is 2. The number of likely N-dealkylation sites (tertiary alicyclic amines) is 1. The Bertz CT molecular complexity index is 715. The van der Waals surface area contributed by atoms with Gasteiger partial charge in [-0.2, -0.15) is 5.10 Å². The molecule has 2 amide bonds. The summed E-state index contributed by atoms with van der Waals surface area (Å²) < 4.78 is 0. The van der Waals surface area contributed by atoms with Gasteiger partial charge in [-0.25, -0.2) is 9.99 Å². The number of pyridine rings is 1. The molecule has 0 bridgehead atoms. The van der Waals surface area contributed by atoms with Crippen LogP contribution in [0.15, 0.2) is 23.4 Å². The summed E-state index contributed by atoms with van der Waals surface area (Å²) in [6, 6.07) is 4.35. The minimum absolute atomic E-state index is 0.0352. The van der Waals surface area contributed by atoms with Crippen molar-refractivity contribution >= 4 is 29.0 Å². The van der Waals surface area contributed by atoms with Gasteiger partial charge in [0.15, 0.2) is 0 Å². The molecule has 2 aliphatic rings. The minimum Gasteiger partial charge on any atom is -0.381 e. The number of rotatable bonds is 4. The monoisotopic (exact) mass is 372 g/mol. The second-order valence-electron chi connectivity index (χ2n) is 7.33. The van der Waals surface area contributed by atoms with Crippen LogP contribution in [0.5, 0.6) is 0 Å². The lowest BCUT2D eigenvalue weighted by Gasteiger charge is -2.25. The van der Waals surface area contributed by atoms with E-state index in [2.05, 4.69) is 15.4 Å². The zero-order chi connectivity index (χ0) is 19.4. The van der Waals surface area contributed by atoms with Crippen LogP contribution in [0.4, 0.5) is 11.5 Å². The van der Waals surface area contributed by atoms with Gasteiger partial charge in [0.2, 0.25) is 5.91 Å². The number of hydrogen-bond acceptors (Lipinski definition) is 6. The van der Waals surface area contributed by atoms with Gasteiger partial charge in [0, 0.05) is 53.1 Å². The van der Waals surface area contributed by atoms with E-state index in [-0.39, 0.29) is 11.8 Å². The quantitative estimate of drug-likeness (QED) is 0.867. The van der Waals surface area contributed by atoms with Crippen LogP contribution in [0.25, 0.3) is 0 Å². The van der Waals surface area contributed by atoms with E-state index in [1.165, 1.54) is 5.01 Å². The molecular formula is C19H28N6O2. The van der Waals surface area contributed by atoms with Gasteiger partial charge in [-0.1, -0.05) is 0 Å². The van der Waals surface area contributed by atoms with Crippen LogP contribution in [-0.2, 0) is 9.59 Å². The average Bonchev–Trinajstić information content (AvgIpc) is 2.89. The lowest BCUT2D eigenvalue weighted by molar-refractivity contribution is -0.130. The average molecular weight is 372 g/mol. The Morgan fingerprint density at radius 3 is 2.70 bits per heavy atom. The summed E-state index contributed by atoms with van der Waals surface area (Å²) in [5.41, 5.74) is 1.49. The molecule has 1 aromatic rings. The number of carbonyl (C=O) groups excluding carboxylic acids is 2. The number of nitrogens with zero attached hydrogens (tertiary/aromatic N) is 5. The fourth-order valence-electron chi connectivity index (χ4n) is 3.42. The Hall–Kier alpha value is -2.64. The van der Waals surface area contributed by atoms with Crippen molar-refractivity contribution in [3.63, 3.8) is 0 Å². The molecule has 8 nitrogen and oxygen atoms in total. The summed E-state index contributed by atoms with van der Waals surface area (Å²) in [7, 11) is 5.54. The Morgan fingerprint density at radius 1 is 1.22 bits per heavy atom. The molecule has 1 fully saturated rings. The molecule has 3 rings (SSSR count). The lowest BCUT2D eigenvalue weighted by atomic mass is 10.1. The Balaban J connectivity index is 1.56. The van der Waals surface area contributed by atoms with E-state index in [0.29, 0.717) is 31.1 Å². The van der Waals surface area contributed by atoms with Crippen LogP contribution in [0.3, 0.4) is 0 Å². The maximum absolute atomic E-state index is 12.7. The Labute approximate surface area is 160 Å². The van der Waals surface area contributed by atoms with Crippen molar-refractivity contribution in [2.45, 2.75) is 38.1 Å². The van der Waals surface area contributed by atoms with Gasteiger partial charge in [0.05, 0.1) is 11.9 Å². The molecule has 1 N–H and O–H groups in total. The van der Waals surface area contributed by atoms with E-state index < -0.39 is 0 Å². The summed E-state index contributed by atoms with van der Waals surface area (Å²) in [5.74, 6) is 0.850. The number of amides is 2. The third-order valence-electron chi connectivity index (χ3n) is 5.05. The third-order valence-corrected chi connectivity index (χ3v) is 5.05. The lowest BCUT2D eigenvalue weighted by Crippen LogP contribution is -2.41. The van der Waals surface area contributed by atoms with E-state index in [4.69, 9.17) is 0 Å². The molecule has 1 saturated heterocycles. The fourth-order valence-corrected chi connectivity index (χ4v) is 3.42. The first-order valence-corrected chi connectivity index (χ1v) is 9.47. The van der Waals surface area contributed by atoms with Crippen molar-refractivity contribution in [1.29, 1.82) is 0 Å². The standard InChI is InChI=1S/C19H28N6O2/c1-23(2)17-8-6-15(13-20-17)21-14-5-4-11-25(12-10-14)19(27)16-7-9-18(26)24(3)22-16/h6,8,13-14,21H,4-5,7,9-12H2,1-3H3. The molecular weight excluding hydrogens is 344 g/mol. The molecule has 146 valence electrons. The summed E-state index contributed by atoms with van der Waals surface area (Å²) >= 11 is 0. The SMILES string of the molecule is CN1N=C(C(=O)N2CCCC(Nc3ccc(N(C)C)nc3)CC2)CCC1=O. The van der Waals surface area contributed by atoms with Gasteiger partial charge in [0.25, 0.3) is 5.91 Å². The first-order valence-electron chi connectivity index (χ1n) is 9.47. The molecule has 0 aliphatic carbocycles. The largest absolute Gasteiger partial charge is 0.381 e. The number of carbonyl (C=O) groups is 2. The summed E-state index contributed by atoms with van der Waals surface area (Å²) in [6.45, 7) is 1.42. The highest BCUT2D eigenvalue weighted by atomic mass is 16.2. The van der Waals surface area contributed by atoms with Gasteiger partial charge < -0.3 is 15.1 Å². The summed E-state index contributed by atoms with van der Waals surface area (Å²) in [4.78, 5) is 32.6. The first-order chi connectivity index (χ1) is 12.9. The molecule has 0 aromatic carbocycles. The van der Waals surface area contributed by atoms with Gasteiger partial charge in [0.1, 0.15) is 11.5 Å². The number of hydrazone groups is 1. The van der Waals surface area contributed by atoms with E-state index in [0.717, 1.165) is 37.3 Å². The number of aromatic nitrogens is 1. The van der Waals surface area contributed by atoms with Crippen molar-refractivity contribution in [3.8, 4) is 0 Å². The van der Waals surface area contributed by atoms with Crippen LogP contribution >= 0.6 is 0 Å². The maximum Gasteiger partial charge on any atom is 0.270 e. The van der Waals surface area contributed by atoms with Crippen molar-refractivity contribution in [1.82, 2.24) is 14.9 Å². The van der Waals surface area contributed by atoms with Crippen LogP contribution in [-0.4, -0.2) is 72.7 Å². The highest BCUT2D eigenvalue weighted by molar-refractivity contribution is 6.39. The fraction of sp³-hybridized carbons (Fsp3) is 0.579. The zero-order valence-corrected chi connectivity index (χ0v) is 16.3. The molecule has 1 unspecified atom stereocenters. The molecule has 8 heteroatoms. The van der Waals surface area contributed by atoms with Crippen molar-refractivity contribution < 1.29 is 9.59 Å². The molecule has 2 aliphatic heterocycles.